The Morgan fingerprint density at radius 3 is 2.61 bits per heavy atom. The van der Waals surface area contributed by atoms with E-state index in [2.05, 4.69) is 15.3 Å². The zero-order valence-corrected chi connectivity index (χ0v) is 14.6. The molecule has 2 aromatic heterocycles. The zero-order valence-electron chi connectivity index (χ0n) is 13.9. The summed E-state index contributed by atoms with van der Waals surface area (Å²) < 4.78 is 57.5. The molecule has 1 N–H and O–H groups in total. The van der Waals surface area contributed by atoms with Crippen LogP contribution in [0.1, 0.15) is 34.3 Å². The number of hydrogen-bond donors (Lipinski definition) is 1. The van der Waals surface area contributed by atoms with Crippen molar-refractivity contribution >= 4 is 23.5 Å². The highest BCUT2D eigenvalue weighted by atomic mass is 35.5. The second-order valence-corrected chi connectivity index (χ2v) is 6.84. The minimum absolute atomic E-state index is 0.0646. The number of alkyl halides is 3. The summed E-state index contributed by atoms with van der Waals surface area (Å²) in [7, 11) is 0. The van der Waals surface area contributed by atoms with Gasteiger partial charge in [0.25, 0.3) is 0 Å². The van der Waals surface area contributed by atoms with Crippen LogP contribution in [0, 0.1) is 5.82 Å². The minimum Gasteiger partial charge on any atom is -0.447 e. The number of hydrogen-bond acceptors (Lipinski definition) is 5. The van der Waals surface area contributed by atoms with E-state index in [0.29, 0.717) is 12.3 Å². The molecule has 2 aromatic rings. The molecule has 28 heavy (non-hydrogen) atoms. The van der Waals surface area contributed by atoms with Gasteiger partial charge in [-0.25, -0.2) is 14.2 Å². The fourth-order valence-corrected chi connectivity index (χ4v) is 3.68. The second kappa shape index (κ2) is 6.13. The molecule has 3 heterocycles. The summed E-state index contributed by atoms with van der Waals surface area (Å²) in [5.74, 6) is -1.56. The maximum absolute atomic E-state index is 14.3. The molecule has 2 aliphatic rings. The number of carbonyl (C=O) groups is 2. The van der Waals surface area contributed by atoms with Crippen LogP contribution in [0.15, 0.2) is 18.3 Å². The minimum atomic E-state index is -4.75. The standard InChI is InChI=1S/C17H10ClF4N3O3/c18-14-12-8(16(2-1-11(12)26)6-28-15(27)25-16)4-10(24-14)13-9(19)3-7(5-23-13)17(20,21)22/h3-5H,1-2,6H2,(H,25,27)/t16-/m1/s1. The molecule has 1 atom stereocenters. The highest BCUT2D eigenvalue weighted by Crippen LogP contribution is 2.42. The molecule has 0 radical (unpaired) electrons. The highest BCUT2D eigenvalue weighted by Gasteiger charge is 2.47. The molecule has 6 nitrogen and oxygen atoms in total. The van der Waals surface area contributed by atoms with Gasteiger partial charge in [0.15, 0.2) is 11.6 Å². The van der Waals surface area contributed by atoms with E-state index >= 15 is 0 Å². The first kappa shape index (κ1) is 18.6. The molecule has 4 rings (SSSR count). The zero-order chi connectivity index (χ0) is 20.3. The lowest BCUT2D eigenvalue weighted by Crippen LogP contribution is -2.44. The van der Waals surface area contributed by atoms with Gasteiger partial charge in [-0.05, 0) is 24.1 Å². The van der Waals surface area contributed by atoms with E-state index in [-0.39, 0.29) is 47.2 Å². The summed E-state index contributed by atoms with van der Waals surface area (Å²) in [6.45, 7) is -0.0746. The van der Waals surface area contributed by atoms with Gasteiger partial charge in [-0.15, -0.1) is 0 Å². The van der Waals surface area contributed by atoms with Crippen LogP contribution >= 0.6 is 11.6 Å². The van der Waals surface area contributed by atoms with Crippen molar-refractivity contribution in [2.45, 2.75) is 24.6 Å². The van der Waals surface area contributed by atoms with Crippen LogP contribution < -0.4 is 5.32 Å². The van der Waals surface area contributed by atoms with Crippen molar-refractivity contribution in [3.63, 3.8) is 0 Å². The Labute approximate surface area is 159 Å². The molecule has 1 aliphatic heterocycles. The van der Waals surface area contributed by atoms with Gasteiger partial charge in [-0.2, -0.15) is 13.2 Å². The smallest absolute Gasteiger partial charge is 0.417 e. The number of Topliss-reactive ketones (excluding diaryl/α,β-unsaturated/α-hetero) is 1. The van der Waals surface area contributed by atoms with Crippen LogP contribution in [-0.4, -0.2) is 28.5 Å². The third-order valence-electron chi connectivity index (χ3n) is 4.75. The number of ketones is 1. The van der Waals surface area contributed by atoms with E-state index in [9.17, 15) is 27.2 Å². The monoisotopic (exact) mass is 415 g/mol. The number of pyridine rings is 2. The molecular weight excluding hydrogens is 406 g/mol. The van der Waals surface area contributed by atoms with Gasteiger partial charge in [0.2, 0.25) is 0 Å². The van der Waals surface area contributed by atoms with Gasteiger partial charge < -0.3 is 10.1 Å². The van der Waals surface area contributed by atoms with Gasteiger partial charge in [0.1, 0.15) is 23.0 Å². The van der Waals surface area contributed by atoms with Gasteiger partial charge in [0, 0.05) is 12.6 Å². The van der Waals surface area contributed by atoms with Crippen LogP contribution in [0.3, 0.4) is 0 Å². The lowest BCUT2D eigenvalue weighted by atomic mass is 9.77. The molecule has 1 spiro atoms. The lowest BCUT2D eigenvalue weighted by molar-refractivity contribution is -0.138. The second-order valence-electron chi connectivity index (χ2n) is 6.48. The number of aromatic nitrogens is 2. The number of alkyl carbamates (subject to hydrolysis) is 1. The molecule has 0 aromatic carbocycles. The Morgan fingerprint density at radius 2 is 2.00 bits per heavy atom. The van der Waals surface area contributed by atoms with E-state index in [1.165, 1.54) is 6.07 Å². The molecule has 0 bridgehead atoms. The first-order chi connectivity index (χ1) is 13.1. The Morgan fingerprint density at radius 1 is 1.25 bits per heavy atom. The number of rotatable bonds is 1. The normalized spacial score (nSPS) is 21.5. The number of fused-ring (bicyclic) bond motifs is 2. The molecule has 1 fully saturated rings. The van der Waals surface area contributed by atoms with Crippen molar-refractivity contribution in [3.05, 3.63) is 46.0 Å². The van der Waals surface area contributed by atoms with Crippen molar-refractivity contribution in [1.29, 1.82) is 0 Å². The van der Waals surface area contributed by atoms with E-state index in [1.54, 1.807) is 0 Å². The van der Waals surface area contributed by atoms with Crippen LogP contribution in [0.2, 0.25) is 5.15 Å². The fraction of sp³-hybridized carbons (Fsp3) is 0.294. The maximum atomic E-state index is 14.3. The van der Waals surface area contributed by atoms with Gasteiger partial charge in [-0.1, -0.05) is 11.6 Å². The summed E-state index contributed by atoms with van der Waals surface area (Å²) in [5.41, 5.74) is -2.59. The molecular formula is C17H10ClF4N3O3. The van der Waals surface area contributed by atoms with E-state index in [4.69, 9.17) is 16.3 Å². The Kier molecular flexibility index (Phi) is 4.07. The Hall–Kier alpha value is -2.75. The predicted octanol–water partition coefficient (Wildman–Crippen LogP) is 3.87. The lowest BCUT2D eigenvalue weighted by Gasteiger charge is -2.33. The summed E-state index contributed by atoms with van der Waals surface area (Å²) >= 11 is 6.13. The average Bonchev–Trinajstić information content (AvgIpc) is 2.99. The summed E-state index contributed by atoms with van der Waals surface area (Å²) in [6.07, 6.45) is -4.64. The first-order valence-corrected chi connectivity index (χ1v) is 8.41. The van der Waals surface area contributed by atoms with E-state index in [0.717, 1.165) is 0 Å². The molecule has 0 unspecified atom stereocenters. The number of cyclic esters (lactones) is 1. The van der Waals surface area contributed by atoms with E-state index < -0.39 is 34.9 Å². The maximum Gasteiger partial charge on any atom is 0.417 e. The number of nitrogens with zero attached hydrogens (tertiary/aromatic N) is 2. The van der Waals surface area contributed by atoms with Crippen LogP contribution in [-0.2, 0) is 16.5 Å². The average molecular weight is 416 g/mol. The number of ether oxygens (including phenoxy) is 1. The fourth-order valence-electron chi connectivity index (χ4n) is 3.38. The van der Waals surface area contributed by atoms with Gasteiger partial charge >= 0.3 is 12.3 Å². The number of amides is 1. The predicted molar refractivity (Wildman–Crippen MR) is 87.2 cm³/mol. The molecule has 146 valence electrons. The molecule has 1 amide bonds. The van der Waals surface area contributed by atoms with Gasteiger partial charge in [-0.3, -0.25) is 9.78 Å². The van der Waals surface area contributed by atoms with Crippen molar-refractivity contribution in [3.8, 4) is 11.4 Å². The third kappa shape index (κ3) is 2.88. The van der Waals surface area contributed by atoms with Crippen LogP contribution in [0.5, 0.6) is 0 Å². The van der Waals surface area contributed by atoms with Crippen molar-refractivity contribution in [2.75, 3.05) is 6.61 Å². The quantitative estimate of drug-likeness (QED) is 0.565. The molecule has 11 heteroatoms. The number of halogens is 5. The SMILES string of the molecule is O=C1N[C@]2(CCC(=O)c3c2cc(-c2ncc(C(F)(F)F)cc2F)nc3Cl)CO1. The van der Waals surface area contributed by atoms with Crippen LogP contribution in [0.4, 0.5) is 22.4 Å². The van der Waals surface area contributed by atoms with E-state index in [1.807, 2.05) is 0 Å². The first-order valence-electron chi connectivity index (χ1n) is 8.03. The highest BCUT2D eigenvalue weighted by molar-refractivity contribution is 6.33. The van der Waals surface area contributed by atoms with Gasteiger partial charge in [0.05, 0.1) is 16.8 Å². The largest absolute Gasteiger partial charge is 0.447 e. The Bertz CT molecular complexity index is 1030. The summed E-state index contributed by atoms with van der Waals surface area (Å²) in [4.78, 5) is 31.4. The number of carbonyl (C=O) groups excluding carboxylic acids is 2. The van der Waals surface area contributed by atoms with Crippen LogP contribution in [0.25, 0.3) is 11.4 Å². The number of nitrogens with one attached hydrogen (secondary N) is 1. The molecule has 0 saturated carbocycles. The Balaban J connectivity index is 1.88. The summed E-state index contributed by atoms with van der Waals surface area (Å²) in [5, 5.41) is 2.38. The molecule has 1 aliphatic carbocycles. The van der Waals surface area contributed by atoms with Crippen molar-refractivity contribution < 1.29 is 31.9 Å². The summed E-state index contributed by atoms with van der Waals surface area (Å²) in [6, 6.07) is 1.60. The topological polar surface area (TPSA) is 81.2 Å². The molecule has 1 saturated heterocycles. The van der Waals surface area contributed by atoms with Crippen molar-refractivity contribution in [2.24, 2.45) is 0 Å². The van der Waals surface area contributed by atoms with Crippen molar-refractivity contribution in [1.82, 2.24) is 15.3 Å². The third-order valence-corrected chi connectivity index (χ3v) is 5.02.